The molecule has 2 aromatic rings. The molecule has 5 nitrogen and oxygen atoms in total. The summed E-state index contributed by atoms with van der Waals surface area (Å²) in [5, 5.41) is 12.4. The summed E-state index contributed by atoms with van der Waals surface area (Å²) < 4.78 is 5.05. The molecule has 19 heavy (non-hydrogen) atoms. The third-order valence-corrected chi connectivity index (χ3v) is 3.98. The number of hydrogen-bond acceptors (Lipinski definition) is 6. The smallest absolute Gasteiger partial charge is 0.313 e. The van der Waals surface area contributed by atoms with E-state index in [-0.39, 0.29) is 5.75 Å². The van der Waals surface area contributed by atoms with Gasteiger partial charge in [0, 0.05) is 4.90 Å². The van der Waals surface area contributed by atoms with Crippen molar-refractivity contribution in [3.05, 3.63) is 42.0 Å². The molecule has 1 aromatic heterocycles. The Labute approximate surface area is 118 Å². The normalized spacial score (nSPS) is 10.5. The summed E-state index contributed by atoms with van der Waals surface area (Å²) in [5.74, 6) is 1.35. The van der Waals surface area contributed by atoms with Crippen LogP contribution in [-0.4, -0.2) is 27.0 Å². The number of carbonyl (C=O) groups is 1. The molecule has 0 unspecified atom stereocenters. The van der Waals surface area contributed by atoms with Crippen molar-refractivity contribution in [3.8, 4) is 0 Å². The number of aliphatic carboxylic acids is 1. The molecule has 0 atom stereocenters. The molecule has 2 rings (SSSR count). The zero-order valence-corrected chi connectivity index (χ0v) is 11.6. The lowest BCUT2D eigenvalue weighted by molar-refractivity contribution is -0.133. The zero-order chi connectivity index (χ0) is 13.5. The van der Waals surface area contributed by atoms with Crippen LogP contribution >= 0.6 is 23.5 Å². The molecule has 0 radical (unpaired) electrons. The summed E-state index contributed by atoms with van der Waals surface area (Å²) in [4.78, 5) is 15.7. The quantitative estimate of drug-likeness (QED) is 0.787. The van der Waals surface area contributed by atoms with E-state index in [2.05, 4.69) is 10.1 Å². The van der Waals surface area contributed by atoms with Crippen LogP contribution in [0.4, 0.5) is 0 Å². The lowest BCUT2D eigenvalue weighted by atomic mass is 10.4. The Morgan fingerprint density at radius 3 is 2.79 bits per heavy atom. The van der Waals surface area contributed by atoms with E-state index in [1.807, 2.05) is 30.3 Å². The minimum atomic E-state index is -0.843. The summed E-state index contributed by atoms with van der Waals surface area (Å²) in [5.41, 5.74) is 0. The molecule has 7 heteroatoms. The van der Waals surface area contributed by atoms with Gasteiger partial charge in [-0.05, 0) is 12.1 Å². The van der Waals surface area contributed by atoms with Crippen LogP contribution in [0.3, 0.4) is 0 Å². The summed E-state index contributed by atoms with van der Waals surface area (Å²) in [6, 6.07) is 9.97. The van der Waals surface area contributed by atoms with E-state index in [4.69, 9.17) is 9.63 Å². The van der Waals surface area contributed by atoms with Gasteiger partial charge in [-0.2, -0.15) is 4.98 Å². The van der Waals surface area contributed by atoms with Crippen molar-refractivity contribution in [3.63, 3.8) is 0 Å². The van der Waals surface area contributed by atoms with Crippen molar-refractivity contribution in [2.45, 2.75) is 16.4 Å². The molecule has 0 aliphatic rings. The van der Waals surface area contributed by atoms with Crippen LogP contribution in [-0.2, 0) is 16.3 Å². The Morgan fingerprint density at radius 1 is 1.26 bits per heavy atom. The maximum Gasteiger partial charge on any atom is 0.313 e. The van der Waals surface area contributed by atoms with Crippen molar-refractivity contribution >= 4 is 29.5 Å². The van der Waals surface area contributed by atoms with Gasteiger partial charge < -0.3 is 9.63 Å². The molecule has 0 amide bonds. The molecule has 1 aromatic carbocycles. The predicted octanol–water partition coefficient (Wildman–Crippen LogP) is 2.68. The van der Waals surface area contributed by atoms with Crippen LogP contribution in [0.25, 0.3) is 0 Å². The highest BCUT2D eigenvalue weighted by Gasteiger charge is 2.08. The Hall–Kier alpha value is -1.47. The van der Waals surface area contributed by atoms with Crippen LogP contribution in [0.2, 0.25) is 0 Å². The molecular weight excluding hydrogens is 284 g/mol. The molecule has 0 aliphatic carbocycles. The first-order chi connectivity index (χ1) is 9.24. The van der Waals surface area contributed by atoms with Gasteiger partial charge in [0.15, 0.2) is 5.82 Å². The van der Waals surface area contributed by atoms with Gasteiger partial charge in [-0.15, -0.1) is 23.5 Å². The third-order valence-electron chi connectivity index (χ3n) is 2.07. The number of carboxylic acid groups (broad SMARTS) is 1. The predicted molar refractivity (Wildman–Crippen MR) is 74.1 cm³/mol. The number of nitrogens with zero attached hydrogens (tertiary/aromatic N) is 2. The molecule has 0 bridgehead atoms. The molecule has 0 saturated carbocycles. The van der Waals surface area contributed by atoms with E-state index < -0.39 is 5.97 Å². The standard InChI is InChI=1S/C12H12N2O3S2/c15-12(16)8-18-7-11-13-10(14-17-11)6-19-9-4-2-1-3-5-9/h1-5H,6-8H2,(H,15,16). The Morgan fingerprint density at radius 2 is 2.05 bits per heavy atom. The summed E-state index contributed by atoms with van der Waals surface area (Å²) in [6.07, 6.45) is 0. The zero-order valence-electron chi connectivity index (χ0n) is 9.98. The average molecular weight is 296 g/mol. The van der Waals surface area contributed by atoms with Crippen molar-refractivity contribution in [2.75, 3.05) is 5.75 Å². The summed E-state index contributed by atoms with van der Waals surface area (Å²) in [7, 11) is 0. The molecule has 0 aliphatic heterocycles. The van der Waals surface area contributed by atoms with Crippen molar-refractivity contribution < 1.29 is 14.4 Å². The van der Waals surface area contributed by atoms with E-state index >= 15 is 0 Å². The fourth-order valence-corrected chi connectivity index (χ4v) is 2.63. The van der Waals surface area contributed by atoms with Crippen LogP contribution in [0.5, 0.6) is 0 Å². The molecular formula is C12H12N2O3S2. The topological polar surface area (TPSA) is 76.2 Å². The van der Waals surface area contributed by atoms with E-state index in [1.54, 1.807) is 11.8 Å². The van der Waals surface area contributed by atoms with Crippen LogP contribution in [0.15, 0.2) is 39.8 Å². The van der Waals surface area contributed by atoms with Crippen molar-refractivity contribution in [1.29, 1.82) is 0 Å². The number of carboxylic acids is 1. The first-order valence-electron chi connectivity index (χ1n) is 5.53. The van der Waals surface area contributed by atoms with Gasteiger partial charge in [0.05, 0.1) is 17.3 Å². The number of aromatic nitrogens is 2. The minimum absolute atomic E-state index is 0.0382. The van der Waals surface area contributed by atoms with Gasteiger partial charge in [-0.3, -0.25) is 4.79 Å². The molecule has 1 heterocycles. The fourth-order valence-electron chi connectivity index (χ4n) is 1.30. The lowest BCUT2D eigenvalue weighted by Crippen LogP contribution is -1.98. The monoisotopic (exact) mass is 296 g/mol. The van der Waals surface area contributed by atoms with E-state index in [9.17, 15) is 4.79 Å². The molecule has 0 spiro atoms. The minimum Gasteiger partial charge on any atom is -0.481 e. The summed E-state index contributed by atoms with van der Waals surface area (Å²) >= 11 is 2.87. The maximum atomic E-state index is 10.4. The van der Waals surface area contributed by atoms with Gasteiger partial charge in [0.25, 0.3) is 0 Å². The SMILES string of the molecule is O=C(O)CSCc1nc(CSc2ccccc2)no1. The van der Waals surface area contributed by atoms with Crippen molar-refractivity contribution in [1.82, 2.24) is 10.1 Å². The van der Waals surface area contributed by atoms with Crippen LogP contribution < -0.4 is 0 Å². The molecule has 100 valence electrons. The Kier molecular flexibility index (Phi) is 5.29. The van der Waals surface area contributed by atoms with Crippen molar-refractivity contribution in [2.24, 2.45) is 0 Å². The molecule has 0 fully saturated rings. The Balaban J connectivity index is 1.79. The second-order valence-corrected chi connectivity index (χ2v) is 5.63. The first-order valence-corrected chi connectivity index (χ1v) is 7.67. The highest BCUT2D eigenvalue weighted by Crippen LogP contribution is 2.21. The lowest BCUT2D eigenvalue weighted by Gasteiger charge is -1.96. The van der Waals surface area contributed by atoms with Gasteiger partial charge in [-0.1, -0.05) is 23.4 Å². The maximum absolute atomic E-state index is 10.4. The van der Waals surface area contributed by atoms with Gasteiger partial charge in [0.2, 0.25) is 5.89 Å². The summed E-state index contributed by atoms with van der Waals surface area (Å²) in [6.45, 7) is 0. The van der Waals surface area contributed by atoms with Gasteiger partial charge in [0.1, 0.15) is 0 Å². The van der Waals surface area contributed by atoms with E-state index in [0.29, 0.717) is 23.2 Å². The van der Waals surface area contributed by atoms with Gasteiger partial charge >= 0.3 is 5.97 Å². The second kappa shape index (κ2) is 7.20. The Bertz CT molecular complexity index is 531. The largest absolute Gasteiger partial charge is 0.481 e. The van der Waals surface area contributed by atoms with E-state index in [1.165, 1.54) is 11.8 Å². The van der Waals surface area contributed by atoms with E-state index in [0.717, 1.165) is 4.90 Å². The average Bonchev–Trinajstić information content (AvgIpc) is 2.85. The number of thioether (sulfide) groups is 2. The number of hydrogen-bond donors (Lipinski definition) is 1. The second-order valence-electron chi connectivity index (χ2n) is 3.59. The van der Waals surface area contributed by atoms with Crippen LogP contribution in [0, 0.1) is 0 Å². The number of benzene rings is 1. The highest BCUT2D eigenvalue weighted by molar-refractivity contribution is 7.99. The molecule has 1 N–H and O–H groups in total. The number of rotatable bonds is 7. The molecule has 0 saturated heterocycles. The van der Waals surface area contributed by atoms with Gasteiger partial charge in [-0.25, -0.2) is 0 Å². The highest BCUT2D eigenvalue weighted by atomic mass is 32.2. The third kappa shape index (κ3) is 4.96. The fraction of sp³-hybridized carbons (Fsp3) is 0.250. The first kappa shape index (κ1) is 14.0. The van der Waals surface area contributed by atoms with Crippen LogP contribution in [0.1, 0.15) is 11.7 Å².